The van der Waals surface area contributed by atoms with Gasteiger partial charge in [0.25, 0.3) is 0 Å². The van der Waals surface area contributed by atoms with E-state index >= 15 is 0 Å². The van der Waals surface area contributed by atoms with E-state index in [1.54, 1.807) is 0 Å². The number of hydrogen-bond acceptors (Lipinski definition) is 4. The Kier molecular flexibility index (Phi) is 4.98. The predicted molar refractivity (Wildman–Crippen MR) is 127 cm³/mol. The number of ether oxygens (including phenoxy) is 2. The molecule has 1 aliphatic heterocycles. The van der Waals surface area contributed by atoms with Crippen molar-refractivity contribution in [1.82, 2.24) is 0 Å². The molecule has 0 aromatic heterocycles. The number of para-hydroxylation sites is 1. The third kappa shape index (κ3) is 3.53. The zero-order chi connectivity index (χ0) is 22.3. The van der Waals surface area contributed by atoms with Gasteiger partial charge in [0, 0.05) is 18.9 Å². The maximum Gasteiger partial charge on any atom is 0.173 e. The number of hydrogen-bond donors (Lipinski definition) is 1. The first-order chi connectivity index (χ1) is 16.2. The molecule has 0 radical (unpaired) electrons. The zero-order valence-corrected chi connectivity index (χ0v) is 18.6. The number of anilines is 1. The zero-order valence-electron chi connectivity index (χ0n) is 18.6. The van der Waals surface area contributed by atoms with Crippen LogP contribution in [0.3, 0.4) is 0 Å². The van der Waals surface area contributed by atoms with Gasteiger partial charge in [-0.25, -0.2) is 0 Å². The van der Waals surface area contributed by atoms with Gasteiger partial charge in [-0.05, 0) is 47.9 Å². The molecule has 1 saturated heterocycles. The van der Waals surface area contributed by atoms with Crippen molar-refractivity contribution in [2.24, 2.45) is 11.3 Å². The largest absolute Gasteiger partial charge is 0.383 e. The molecular formula is C29H28N2O2. The summed E-state index contributed by atoms with van der Waals surface area (Å²) in [5, 5.41) is 13.0. The van der Waals surface area contributed by atoms with Gasteiger partial charge in [0.05, 0.1) is 11.3 Å². The summed E-state index contributed by atoms with van der Waals surface area (Å²) in [7, 11) is 0. The number of nitrogens with one attached hydrogen (secondary N) is 1. The lowest BCUT2D eigenvalue weighted by atomic mass is 9.82. The number of rotatable bonds is 5. The lowest BCUT2D eigenvalue weighted by Gasteiger charge is -2.36. The van der Waals surface area contributed by atoms with Gasteiger partial charge in [-0.15, -0.1) is 0 Å². The van der Waals surface area contributed by atoms with E-state index in [0.29, 0.717) is 11.5 Å². The fourth-order valence-electron chi connectivity index (χ4n) is 6.28. The minimum Gasteiger partial charge on any atom is -0.383 e. The molecule has 3 aliphatic rings. The van der Waals surface area contributed by atoms with Crippen molar-refractivity contribution in [3.8, 4) is 6.07 Å². The summed E-state index contributed by atoms with van der Waals surface area (Å²) in [6.45, 7) is 0.836. The summed E-state index contributed by atoms with van der Waals surface area (Å²) in [5.74, 6) is -0.152. The summed E-state index contributed by atoms with van der Waals surface area (Å²) in [5.41, 5.74) is 4.07. The molecule has 3 aromatic rings. The van der Waals surface area contributed by atoms with E-state index in [2.05, 4.69) is 59.9 Å². The highest BCUT2D eigenvalue weighted by Gasteiger charge is 2.65. The lowest BCUT2D eigenvalue weighted by Crippen LogP contribution is -2.40. The Hall–Kier alpha value is -3.13. The van der Waals surface area contributed by atoms with E-state index in [4.69, 9.17) is 9.47 Å². The Morgan fingerprint density at radius 2 is 1.45 bits per heavy atom. The van der Waals surface area contributed by atoms with Gasteiger partial charge in [-0.2, -0.15) is 5.26 Å². The van der Waals surface area contributed by atoms with Gasteiger partial charge < -0.3 is 14.8 Å². The molecule has 4 atom stereocenters. The summed E-state index contributed by atoms with van der Waals surface area (Å²) in [4.78, 5) is 0. The number of nitrogens with zero attached hydrogens (tertiary/aromatic N) is 1. The van der Waals surface area contributed by atoms with Crippen molar-refractivity contribution in [2.75, 3.05) is 11.9 Å². The molecule has 2 aliphatic carbocycles. The molecule has 2 saturated carbocycles. The topological polar surface area (TPSA) is 54.3 Å². The van der Waals surface area contributed by atoms with E-state index in [0.717, 1.165) is 31.5 Å². The second kappa shape index (κ2) is 8.02. The first-order valence-corrected chi connectivity index (χ1v) is 11.9. The van der Waals surface area contributed by atoms with Gasteiger partial charge in [0.2, 0.25) is 0 Å². The van der Waals surface area contributed by atoms with Crippen LogP contribution in [0.5, 0.6) is 0 Å². The van der Waals surface area contributed by atoms with Gasteiger partial charge >= 0.3 is 0 Å². The van der Waals surface area contributed by atoms with Crippen LogP contribution >= 0.6 is 0 Å². The number of nitriles is 1. The number of benzene rings is 3. The predicted octanol–water partition coefficient (Wildman–Crippen LogP) is 6.39. The SMILES string of the molecule is N#Cc1ccccc1NC[C@]12CC[C@H](C1)C1(C2)O[C@@H](c2ccccc2)[C@H](c2ccccc2)O1. The van der Waals surface area contributed by atoms with Crippen molar-refractivity contribution >= 4 is 5.69 Å². The van der Waals surface area contributed by atoms with Gasteiger partial charge in [0.1, 0.15) is 18.3 Å². The van der Waals surface area contributed by atoms with Crippen LogP contribution in [-0.2, 0) is 9.47 Å². The summed E-state index contributed by atoms with van der Waals surface area (Å²) in [6, 6.07) is 31.0. The third-order valence-electron chi connectivity index (χ3n) is 7.83. The van der Waals surface area contributed by atoms with Crippen LogP contribution in [0.15, 0.2) is 84.9 Å². The highest BCUT2D eigenvalue weighted by molar-refractivity contribution is 5.57. The molecule has 33 heavy (non-hydrogen) atoms. The smallest absolute Gasteiger partial charge is 0.173 e. The molecule has 0 amide bonds. The Labute approximate surface area is 195 Å². The molecule has 4 nitrogen and oxygen atoms in total. The standard InChI is InChI=1S/C29H28N2O2/c30-18-23-13-7-8-14-25(23)31-20-28-16-15-24(17-28)29(19-28)32-26(21-9-3-1-4-10-21)27(33-29)22-11-5-2-6-12-22/h1-14,24,26-27,31H,15-17,19-20H2/t24-,26+,27+,28-/m1/s1. The maximum absolute atomic E-state index is 9.45. The van der Waals surface area contributed by atoms with Gasteiger partial charge in [0.15, 0.2) is 5.79 Å². The Balaban J connectivity index is 1.27. The van der Waals surface area contributed by atoms with E-state index in [-0.39, 0.29) is 17.6 Å². The average molecular weight is 437 g/mol. The average Bonchev–Trinajstić information content (AvgIpc) is 3.56. The van der Waals surface area contributed by atoms with Gasteiger partial charge in [-0.3, -0.25) is 0 Å². The highest BCUT2D eigenvalue weighted by Crippen LogP contribution is 2.66. The van der Waals surface area contributed by atoms with E-state index in [1.807, 2.05) is 36.4 Å². The molecule has 1 N–H and O–H groups in total. The molecule has 1 spiro atoms. The molecule has 2 bridgehead atoms. The minimum absolute atomic E-state index is 0.114. The van der Waals surface area contributed by atoms with E-state index < -0.39 is 5.79 Å². The van der Waals surface area contributed by atoms with Crippen LogP contribution in [0, 0.1) is 22.7 Å². The molecule has 3 fully saturated rings. The Morgan fingerprint density at radius 3 is 2.09 bits per heavy atom. The normalized spacial score (nSPS) is 29.2. The molecule has 6 rings (SSSR count). The fraction of sp³-hybridized carbons (Fsp3) is 0.345. The molecule has 4 heteroatoms. The Morgan fingerprint density at radius 1 is 0.848 bits per heavy atom. The van der Waals surface area contributed by atoms with Crippen molar-refractivity contribution in [1.29, 1.82) is 5.26 Å². The Bertz CT molecular complexity index is 1130. The van der Waals surface area contributed by atoms with Crippen LogP contribution in [0.1, 0.15) is 54.6 Å². The van der Waals surface area contributed by atoms with Crippen molar-refractivity contribution in [3.63, 3.8) is 0 Å². The summed E-state index contributed by atoms with van der Waals surface area (Å²) < 4.78 is 13.8. The summed E-state index contributed by atoms with van der Waals surface area (Å²) in [6.07, 6.45) is 4.04. The lowest BCUT2D eigenvalue weighted by molar-refractivity contribution is -0.212. The second-order valence-corrected chi connectivity index (χ2v) is 9.84. The van der Waals surface area contributed by atoms with Crippen LogP contribution in [0.4, 0.5) is 5.69 Å². The fourth-order valence-corrected chi connectivity index (χ4v) is 6.28. The molecular weight excluding hydrogens is 408 g/mol. The summed E-state index contributed by atoms with van der Waals surface area (Å²) >= 11 is 0. The monoisotopic (exact) mass is 436 g/mol. The van der Waals surface area contributed by atoms with E-state index in [9.17, 15) is 5.26 Å². The van der Waals surface area contributed by atoms with Gasteiger partial charge in [-0.1, -0.05) is 72.8 Å². The van der Waals surface area contributed by atoms with Crippen molar-refractivity contribution in [3.05, 3.63) is 102 Å². The van der Waals surface area contributed by atoms with Crippen LogP contribution < -0.4 is 5.32 Å². The molecule has 1 heterocycles. The van der Waals surface area contributed by atoms with Crippen LogP contribution in [0.25, 0.3) is 0 Å². The first-order valence-electron chi connectivity index (χ1n) is 11.9. The molecule has 166 valence electrons. The molecule has 0 unspecified atom stereocenters. The van der Waals surface area contributed by atoms with Crippen LogP contribution in [0.2, 0.25) is 0 Å². The third-order valence-corrected chi connectivity index (χ3v) is 7.83. The minimum atomic E-state index is -0.546. The first kappa shape index (κ1) is 20.5. The van der Waals surface area contributed by atoms with Crippen LogP contribution in [-0.4, -0.2) is 12.3 Å². The highest BCUT2D eigenvalue weighted by atomic mass is 16.8. The van der Waals surface area contributed by atoms with E-state index in [1.165, 1.54) is 17.5 Å². The quantitative estimate of drug-likeness (QED) is 0.504. The maximum atomic E-state index is 9.45. The van der Waals surface area contributed by atoms with Crippen molar-refractivity contribution in [2.45, 2.75) is 43.7 Å². The number of fused-ring (bicyclic) bond motifs is 3. The van der Waals surface area contributed by atoms with Crippen molar-refractivity contribution < 1.29 is 9.47 Å². The second-order valence-electron chi connectivity index (χ2n) is 9.84. The molecule has 3 aromatic carbocycles.